The summed E-state index contributed by atoms with van der Waals surface area (Å²) < 4.78 is 1.81. The molecule has 2 heterocycles. The summed E-state index contributed by atoms with van der Waals surface area (Å²) in [5.74, 6) is -0.129. The van der Waals surface area contributed by atoms with Crippen LogP contribution in [0.5, 0.6) is 0 Å². The first-order valence-electron chi connectivity index (χ1n) is 9.15. The predicted octanol–water partition coefficient (Wildman–Crippen LogP) is 2.95. The smallest absolute Gasteiger partial charge is 0.258 e. The van der Waals surface area contributed by atoms with Crippen LogP contribution in [-0.2, 0) is 5.54 Å². The van der Waals surface area contributed by atoms with E-state index in [-0.39, 0.29) is 11.4 Å². The van der Waals surface area contributed by atoms with Gasteiger partial charge in [0.25, 0.3) is 5.91 Å². The van der Waals surface area contributed by atoms with Gasteiger partial charge in [0.1, 0.15) is 0 Å². The molecule has 0 spiro atoms. The van der Waals surface area contributed by atoms with Gasteiger partial charge in [0, 0.05) is 43.8 Å². The maximum absolute atomic E-state index is 12.5. The number of nitrogens with one attached hydrogen (secondary N) is 1. The Balaban J connectivity index is 1.70. The van der Waals surface area contributed by atoms with E-state index in [9.17, 15) is 4.79 Å². The number of aromatic nitrogens is 2. The van der Waals surface area contributed by atoms with Crippen molar-refractivity contribution in [1.29, 1.82) is 0 Å². The summed E-state index contributed by atoms with van der Waals surface area (Å²) in [4.78, 5) is 17.3. The zero-order valence-corrected chi connectivity index (χ0v) is 16.4. The molecular formula is C20H29N5O. The maximum Gasteiger partial charge on any atom is 0.258 e. The van der Waals surface area contributed by atoms with Crippen LogP contribution in [-0.4, -0.2) is 53.8 Å². The Morgan fingerprint density at radius 2 is 1.85 bits per heavy atom. The van der Waals surface area contributed by atoms with Crippen LogP contribution >= 0.6 is 0 Å². The molecule has 140 valence electrons. The largest absolute Gasteiger partial charge is 0.369 e. The van der Waals surface area contributed by atoms with Crippen LogP contribution in [0.1, 0.15) is 36.7 Å². The number of carbonyl (C=O) groups is 1. The molecule has 1 aromatic carbocycles. The van der Waals surface area contributed by atoms with E-state index in [4.69, 9.17) is 0 Å². The highest BCUT2D eigenvalue weighted by molar-refractivity contribution is 6.04. The number of carbonyl (C=O) groups excluding carboxylic acids is 1. The lowest BCUT2D eigenvalue weighted by Gasteiger charge is -2.34. The number of anilines is 2. The Hall–Kier alpha value is -2.34. The molecule has 0 radical (unpaired) electrons. The lowest BCUT2D eigenvalue weighted by atomic mass is 10.1. The summed E-state index contributed by atoms with van der Waals surface area (Å²) >= 11 is 0. The first kappa shape index (κ1) is 18.5. The molecule has 26 heavy (non-hydrogen) atoms. The van der Waals surface area contributed by atoms with Crippen LogP contribution in [0.15, 0.2) is 30.6 Å². The van der Waals surface area contributed by atoms with Gasteiger partial charge in [-0.3, -0.25) is 9.48 Å². The van der Waals surface area contributed by atoms with Gasteiger partial charge in [0.15, 0.2) is 0 Å². The molecule has 0 bridgehead atoms. The van der Waals surface area contributed by atoms with E-state index in [1.54, 1.807) is 12.4 Å². The molecule has 6 heteroatoms. The van der Waals surface area contributed by atoms with E-state index < -0.39 is 0 Å². The monoisotopic (exact) mass is 355 g/mol. The topological polar surface area (TPSA) is 53.4 Å². The first-order valence-corrected chi connectivity index (χ1v) is 9.15. The average Bonchev–Trinajstić information content (AvgIpc) is 3.08. The van der Waals surface area contributed by atoms with Crippen molar-refractivity contribution in [1.82, 2.24) is 14.7 Å². The Morgan fingerprint density at radius 1 is 1.15 bits per heavy atom. The highest BCUT2D eigenvalue weighted by Gasteiger charge is 2.18. The quantitative estimate of drug-likeness (QED) is 0.920. The summed E-state index contributed by atoms with van der Waals surface area (Å²) in [5.41, 5.74) is 3.56. The number of aryl methyl sites for hydroxylation is 1. The average molecular weight is 355 g/mol. The molecule has 1 fully saturated rings. The molecule has 2 aromatic rings. The fraction of sp³-hybridized carbons (Fsp3) is 0.500. The molecule has 1 aliphatic heterocycles. The van der Waals surface area contributed by atoms with E-state index in [0.29, 0.717) is 5.56 Å². The third kappa shape index (κ3) is 4.07. The first-order chi connectivity index (χ1) is 12.2. The van der Waals surface area contributed by atoms with Gasteiger partial charge >= 0.3 is 0 Å². The number of nitrogens with zero attached hydrogens (tertiary/aromatic N) is 4. The van der Waals surface area contributed by atoms with Gasteiger partial charge in [-0.05, 0) is 58.5 Å². The van der Waals surface area contributed by atoms with Crippen LogP contribution in [0, 0.1) is 6.92 Å². The van der Waals surface area contributed by atoms with Crippen molar-refractivity contribution < 1.29 is 4.79 Å². The number of hydrogen-bond acceptors (Lipinski definition) is 4. The normalized spacial score (nSPS) is 16.0. The van der Waals surface area contributed by atoms with Gasteiger partial charge in [-0.15, -0.1) is 0 Å². The zero-order valence-electron chi connectivity index (χ0n) is 16.4. The minimum Gasteiger partial charge on any atom is -0.369 e. The molecule has 1 aromatic heterocycles. The summed E-state index contributed by atoms with van der Waals surface area (Å²) in [5, 5.41) is 7.31. The van der Waals surface area contributed by atoms with Crippen molar-refractivity contribution in [2.45, 2.75) is 33.2 Å². The Bertz CT molecular complexity index is 782. The minimum absolute atomic E-state index is 0.129. The van der Waals surface area contributed by atoms with E-state index in [1.165, 1.54) is 5.69 Å². The summed E-state index contributed by atoms with van der Waals surface area (Å²) in [7, 11) is 2.16. The van der Waals surface area contributed by atoms with Crippen molar-refractivity contribution >= 4 is 17.3 Å². The van der Waals surface area contributed by atoms with Crippen molar-refractivity contribution in [2.75, 3.05) is 43.4 Å². The molecule has 0 atom stereocenters. The number of rotatable bonds is 3. The van der Waals surface area contributed by atoms with Gasteiger partial charge in [-0.1, -0.05) is 0 Å². The van der Waals surface area contributed by atoms with Gasteiger partial charge < -0.3 is 15.1 Å². The van der Waals surface area contributed by atoms with Crippen LogP contribution in [0.25, 0.3) is 0 Å². The van der Waals surface area contributed by atoms with Gasteiger partial charge in [0.05, 0.1) is 17.3 Å². The fourth-order valence-corrected chi connectivity index (χ4v) is 3.05. The maximum atomic E-state index is 12.5. The summed E-state index contributed by atoms with van der Waals surface area (Å²) in [6.45, 7) is 12.4. The van der Waals surface area contributed by atoms with Gasteiger partial charge in [-0.25, -0.2) is 0 Å². The fourth-order valence-electron chi connectivity index (χ4n) is 3.05. The Morgan fingerprint density at radius 3 is 2.42 bits per heavy atom. The summed E-state index contributed by atoms with van der Waals surface area (Å²) in [6.07, 6.45) is 3.41. The molecule has 6 nitrogen and oxygen atoms in total. The molecule has 1 N–H and O–H groups in total. The second kappa shape index (κ2) is 7.11. The molecule has 1 aliphatic rings. The SMILES string of the molecule is Cc1cc(N2CCN(C)CC2)ccc1NC(=O)c1cnn(C(C)(C)C)c1. The molecule has 1 amide bonds. The third-order valence-electron chi connectivity index (χ3n) is 4.86. The minimum atomic E-state index is -0.140. The molecule has 1 saturated heterocycles. The molecular weight excluding hydrogens is 326 g/mol. The Kier molecular flexibility index (Phi) is 5.05. The second-order valence-electron chi connectivity index (χ2n) is 8.09. The van der Waals surface area contributed by atoms with Crippen molar-refractivity contribution in [3.63, 3.8) is 0 Å². The van der Waals surface area contributed by atoms with Crippen LogP contribution in [0.3, 0.4) is 0 Å². The number of piperazine rings is 1. The highest BCUT2D eigenvalue weighted by Crippen LogP contribution is 2.24. The molecule has 0 saturated carbocycles. The number of benzene rings is 1. The van der Waals surface area contributed by atoms with Crippen molar-refractivity contribution in [2.24, 2.45) is 0 Å². The Labute approximate surface area is 155 Å². The predicted molar refractivity (Wildman–Crippen MR) is 106 cm³/mol. The van der Waals surface area contributed by atoms with Crippen LogP contribution in [0.4, 0.5) is 11.4 Å². The molecule has 0 aliphatic carbocycles. The number of likely N-dealkylation sites (N-methyl/N-ethyl adjacent to an activating group) is 1. The van der Waals surface area contributed by atoms with Crippen LogP contribution in [0.2, 0.25) is 0 Å². The number of amides is 1. The lowest BCUT2D eigenvalue weighted by Crippen LogP contribution is -2.44. The van der Waals surface area contributed by atoms with Crippen LogP contribution < -0.4 is 10.2 Å². The lowest BCUT2D eigenvalue weighted by molar-refractivity contribution is 0.102. The van der Waals surface area contributed by atoms with E-state index >= 15 is 0 Å². The molecule has 0 unspecified atom stereocenters. The third-order valence-corrected chi connectivity index (χ3v) is 4.86. The van der Waals surface area contributed by atoms with E-state index in [2.05, 4.69) is 60.2 Å². The highest BCUT2D eigenvalue weighted by atomic mass is 16.1. The molecule has 3 rings (SSSR count). The number of hydrogen-bond donors (Lipinski definition) is 1. The standard InChI is InChI=1S/C20H29N5O/c1-15-12-17(24-10-8-23(5)9-11-24)6-7-18(15)22-19(26)16-13-21-25(14-16)20(2,3)4/h6-7,12-14H,8-11H2,1-5H3,(H,22,26). The van der Waals surface area contributed by atoms with E-state index in [1.807, 2.05) is 17.7 Å². The van der Waals surface area contributed by atoms with Crippen molar-refractivity contribution in [3.05, 3.63) is 41.7 Å². The van der Waals surface area contributed by atoms with Gasteiger partial charge in [0.2, 0.25) is 0 Å². The van der Waals surface area contributed by atoms with E-state index in [0.717, 1.165) is 37.4 Å². The van der Waals surface area contributed by atoms with Crippen molar-refractivity contribution in [3.8, 4) is 0 Å². The zero-order chi connectivity index (χ0) is 18.9. The second-order valence-corrected chi connectivity index (χ2v) is 8.09. The summed E-state index contributed by atoms with van der Waals surface area (Å²) in [6, 6.07) is 6.24. The van der Waals surface area contributed by atoms with Gasteiger partial charge in [-0.2, -0.15) is 5.10 Å².